The molecule has 0 spiro atoms. The first-order valence-corrected chi connectivity index (χ1v) is 16.0. The van der Waals surface area contributed by atoms with Crippen LogP contribution >= 0.6 is 15.9 Å². The molecule has 3 aliphatic heterocycles. The Labute approximate surface area is 212 Å². The summed E-state index contributed by atoms with van der Waals surface area (Å²) < 4.78 is 7.01. The predicted molar refractivity (Wildman–Crippen MR) is 141 cm³/mol. The molecule has 33 heavy (non-hydrogen) atoms. The molecule has 0 amide bonds. The van der Waals surface area contributed by atoms with Gasteiger partial charge in [0.2, 0.25) is 0 Å². The molecule has 7 atom stereocenters. The van der Waals surface area contributed by atoms with E-state index in [0.717, 1.165) is 46.6 Å². The molecule has 3 aliphatic carbocycles. The smallest absolute Gasteiger partial charge is 0.0609 e. The molecule has 6 rings (SSSR count). The van der Waals surface area contributed by atoms with Crippen LogP contribution in [0.15, 0.2) is 0 Å². The van der Waals surface area contributed by atoms with Crippen molar-refractivity contribution in [3.05, 3.63) is 0 Å². The van der Waals surface area contributed by atoms with Crippen molar-refractivity contribution in [3.63, 3.8) is 0 Å². The summed E-state index contributed by atoms with van der Waals surface area (Å²) in [6.45, 7) is 5.33. The third kappa shape index (κ3) is 4.41. The molecular formula is C30H50BrNO. The number of alkyl halides is 1. The van der Waals surface area contributed by atoms with Crippen molar-refractivity contribution >= 4 is 15.9 Å². The highest BCUT2D eigenvalue weighted by molar-refractivity contribution is 9.09. The third-order valence-corrected chi connectivity index (χ3v) is 12.7. The van der Waals surface area contributed by atoms with Crippen LogP contribution in [0.5, 0.6) is 0 Å². The molecule has 7 unspecified atom stereocenters. The fourth-order valence-electron chi connectivity index (χ4n) is 10.0. The van der Waals surface area contributed by atoms with E-state index in [2.05, 4.69) is 34.7 Å². The van der Waals surface area contributed by atoms with Crippen molar-refractivity contribution < 1.29 is 4.74 Å². The maximum atomic E-state index is 7.01. The van der Waals surface area contributed by atoms with Crippen LogP contribution in [0.4, 0.5) is 0 Å². The second-order valence-electron chi connectivity index (χ2n) is 13.7. The van der Waals surface area contributed by atoms with Gasteiger partial charge in [0.15, 0.2) is 0 Å². The number of halogens is 1. The van der Waals surface area contributed by atoms with Gasteiger partial charge in [-0.2, -0.15) is 0 Å². The van der Waals surface area contributed by atoms with Crippen molar-refractivity contribution in [2.24, 2.45) is 29.1 Å². The van der Waals surface area contributed by atoms with E-state index in [1.54, 1.807) is 0 Å². The molecule has 188 valence electrons. The molecule has 0 bridgehead atoms. The lowest BCUT2D eigenvalue weighted by Gasteiger charge is -2.51. The molecule has 0 aromatic carbocycles. The third-order valence-electron chi connectivity index (χ3n) is 11.8. The Bertz CT molecular complexity index is 666. The molecule has 3 saturated heterocycles. The van der Waals surface area contributed by atoms with Crippen LogP contribution in [0.1, 0.15) is 123 Å². The molecule has 3 saturated carbocycles. The lowest BCUT2D eigenvalue weighted by atomic mass is 9.66. The van der Waals surface area contributed by atoms with E-state index in [0.29, 0.717) is 17.6 Å². The Morgan fingerprint density at radius 1 is 0.636 bits per heavy atom. The highest BCUT2D eigenvalue weighted by Gasteiger charge is 2.59. The Morgan fingerprint density at radius 2 is 1.30 bits per heavy atom. The average Bonchev–Trinajstić information content (AvgIpc) is 3.42. The van der Waals surface area contributed by atoms with Crippen LogP contribution in [0.3, 0.4) is 0 Å². The molecule has 0 radical (unpaired) electrons. The van der Waals surface area contributed by atoms with Crippen molar-refractivity contribution in [3.8, 4) is 0 Å². The number of ether oxygens (including phenoxy) is 1. The summed E-state index contributed by atoms with van der Waals surface area (Å²) in [5.74, 6) is 3.56. The number of rotatable bonds is 3. The Morgan fingerprint density at radius 3 is 2.06 bits per heavy atom. The summed E-state index contributed by atoms with van der Waals surface area (Å²) >= 11 is 3.86. The SMILES string of the molecule is CC1(C)C2CCCCC2N2C(C3CCCCC3)CC(C3CCC(C4CCC(Br)CC4)O3)CC21. The Balaban J connectivity index is 1.21. The molecular weight excluding hydrogens is 470 g/mol. The number of nitrogens with zero attached hydrogens (tertiary/aromatic N) is 1. The van der Waals surface area contributed by atoms with Gasteiger partial charge in [-0.15, -0.1) is 0 Å². The van der Waals surface area contributed by atoms with E-state index in [4.69, 9.17) is 4.74 Å². The van der Waals surface area contributed by atoms with Gasteiger partial charge < -0.3 is 4.74 Å². The van der Waals surface area contributed by atoms with Gasteiger partial charge in [0.1, 0.15) is 0 Å². The van der Waals surface area contributed by atoms with E-state index in [1.807, 2.05) is 0 Å². The van der Waals surface area contributed by atoms with Gasteiger partial charge in [0.05, 0.1) is 12.2 Å². The predicted octanol–water partition coefficient (Wildman–Crippen LogP) is 8.12. The molecule has 2 nitrogen and oxygen atoms in total. The summed E-state index contributed by atoms with van der Waals surface area (Å²) in [5.41, 5.74) is 0.489. The number of piperidine rings is 1. The zero-order chi connectivity index (χ0) is 22.6. The van der Waals surface area contributed by atoms with Gasteiger partial charge in [0, 0.05) is 23.0 Å². The van der Waals surface area contributed by atoms with Gasteiger partial charge >= 0.3 is 0 Å². The van der Waals surface area contributed by atoms with Gasteiger partial charge in [-0.1, -0.05) is 61.9 Å². The van der Waals surface area contributed by atoms with Crippen LogP contribution in [-0.2, 0) is 4.74 Å². The molecule has 0 N–H and O–H groups in total. The quantitative estimate of drug-likeness (QED) is 0.349. The zero-order valence-corrected chi connectivity index (χ0v) is 23.1. The number of hydrogen-bond donors (Lipinski definition) is 0. The molecule has 0 aromatic heterocycles. The van der Waals surface area contributed by atoms with Crippen LogP contribution < -0.4 is 0 Å². The Kier molecular flexibility index (Phi) is 6.99. The van der Waals surface area contributed by atoms with E-state index >= 15 is 0 Å². The molecule has 6 fully saturated rings. The highest BCUT2D eigenvalue weighted by Crippen LogP contribution is 2.58. The van der Waals surface area contributed by atoms with Gasteiger partial charge in [-0.05, 0) is 106 Å². The minimum absolute atomic E-state index is 0.489. The first-order chi connectivity index (χ1) is 16.0. The normalized spacial score (nSPS) is 49.0. The van der Waals surface area contributed by atoms with Crippen molar-refractivity contribution in [2.45, 2.75) is 158 Å². The molecule has 3 heterocycles. The second-order valence-corrected chi connectivity index (χ2v) is 15.0. The second kappa shape index (κ2) is 9.70. The monoisotopic (exact) mass is 519 g/mol. The van der Waals surface area contributed by atoms with Crippen molar-refractivity contribution in [2.75, 3.05) is 0 Å². The summed E-state index contributed by atoms with van der Waals surface area (Å²) in [6.07, 6.45) is 25.6. The minimum atomic E-state index is 0.489. The lowest BCUT2D eigenvalue weighted by Crippen LogP contribution is -2.56. The number of fused-ring (bicyclic) bond motifs is 3. The van der Waals surface area contributed by atoms with Gasteiger partial charge in [-0.3, -0.25) is 4.90 Å². The summed E-state index contributed by atoms with van der Waals surface area (Å²) in [7, 11) is 0. The van der Waals surface area contributed by atoms with Crippen molar-refractivity contribution in [1.82, 2.24) is 4.90 Å². The largest absolute Gasteiger partial charge is 0.374 e. The summed E-state index contributed by atoms with van der Waals surface area (Å²) in [5, 5.41) is 0. The standard InChI is InChI=1S/C30H50BrNO/c1-30(2)24-10-6-7-11-25(24)32-26(20-8-4-3-5-9-20)18-22(19-29(30)32)28-17-16-27(33-28)21-12-14-23(31)15-13-21/h20-29H,3-19H2,1-2H3. The fourth-order valence-corrected chi connectivity index (χ4v) is 10.5. The fraction of sp³-hybridized carbons (Fsp3) is 1.00. The van der Waals surface area contributed by atoms with Crippen LogP contribution in [0.2, 0.25) is 0 Å². The topological polar surface area (TPSA) is 12.5 Å². The van der Waals surface area contributed by atoms with Crippen LogP contribution in [0, 0.1) is 29.1 Å². The molecule has 6 aliphatic rings. The minimum Gasteiger partial charge on any atom is -0.374 e. The van der Waals surface area contributed by atoms with E-state index in [1.165, 1.54) is 109 Å². The molecule has 3 heteroatoms. The highest BCUT2D eigenvalue weighted by atomic mass is 79.9. The van der Waals surface area contributed by atoms with Crippen LogP contribution in [-0.4, -0.2) is 40.1 Å². The Hall–Kier alpha value is 0.400. The first kappa shape index (κ1) is 23.8. The van der Waals surface area contributed by atoms with Crippen molar-refractivity contribution in [1.29, 1.82) is 0 Å². The van der Waals surface area contributed by atoms with Gasteiger partial charge in [0.25, 0.3) is 0 Å². The van der Waals surface area contributed by atoms with E-state index < -0.39 is 0 Å². The summed E-state index contributed by atoms with van der Waals surface area (Å²) in [6, 6.07) is 2.55. The van der Waals surface area contributed by atoms with E-state index in [-0.39, 0.29) is 0 Å². The van der Waals surface area contributed by atoms with E-state index in [9.17, 15) is 0 Å². The first-order valence-electron chi connectivity index (χ1n) is 15.1. The van der Waals surface area contributed by atoms with Crippen LogP contribution in [0.25, 0.3) is 0 Å². The van der Waals surface area contributed by atoms with Gasteiger partial charge in [-0.25, -0.2) is 0 Å². The maximum absolute atomic E-state index is 7.01. The average molecular weight is 521 g/mol. The molecule has 0 aromatic rings. The maximum Gasteiger partial charge on any atom is 0.0609 e. The number of hydrogen-bond acceptors (Lipinski definition) is 2. The lowest BCUT2D eigenvalue weighted by molar-refractivity contribution is -0.0752. The summed E-state index contributed by atoms with van der Waals surface area (Å²) in [4.78, 5) is 3.96. The zero-order valence-electron chi connectivity index (χ0n) is 21.5.